The lowest BCUT2D eigenvalue weighted by molar-refractivity contribution is -0.122. The Morgan fingerprint density at radius 2 is 2.22 bits per heavy atom. The summed E-state index contributed by atoms with van der Waals surface area (Å²) in [6, 6.07) is 5.90. The maximum Gasteiger partial charge on any atom is 0.248 e. The number of carbonyl (C=O) groups is 1. The predicted octanol–water partition coefficient (Wildman–Crippen LogP) is 2.96. The van der Waals surface area contributed by atoms with Crippen LogP contribution in [-0.2, 0) is 11.2 Å². The van der Waals surface area contributed by atoms with Gasteiger partial charge in [-0.15, -0.1) is 0 Å². The highest BCUT2D eigenvalue weighted by Gasteiger charge is 2.59. The van der Waals surface area contributed by atoms with Crippen LogP contribution in [0.25, 0.3) is 0 Å². The molecule has 120 valence electrons. The molecule has 4 aliphatic rings. The van der Waals surface area contributed by atoms with Crippen molar-refractivity contribution in [1.82, 2.24) is 5.43 Å². The van der Waals surface area contributed by atoms with Gasteiger partial charge in [-0.05, 0) is 73.1 Å². The number of benzene rings is 1. The Hall–Kier alpha value is -1.84. The number of hydrogen-bond donors (Lipinski definition) is 2. The fourth-order valence-corrected chi connectivity index (χ4v) is 6.04. The molecule has 0 spiro atoms. The van der Waals surface area contributed by atoms with Crippen LogP contribution in [0.4, 0.5) is 0 Å². The molecule has 1 amide bonds. The van der Waals surface area contributed by atoms with Crippen LogP contribution in [0, 0.1) is 23.2 Å². The van der Waals surface area contributed by atoms with E-state index in [4.69, 9.17) is 0 Å². The number of fused-ring (bicyclic) bond motifs is 7. The molecule has 0 bridgehead atoms. The lowest BCUT2D eigenvalue weighted by Gasteiger charge is -2.49. The SMILES string of the molecule is C[C@]12CCC3c4ccc(O)cc4CCC3C1CC1C(=O)NN=C12. The number of nitrogens with one attached hydrogen (secondary N) is 1. The van der Waals surface area contributed by atoms with E-state index in [-0.39, 0.29) is 17.2 Å². The Morgan fingerprint density at radius 3 is 3.09 bits per heavy atom. The molecule has 0 aromatic heterocycles. The predicted molar refractivity (Wildman–Crippen MR) is 87.2 cm³/mol. The molecule has 1 aromatic rings. The van der Waals surface area contributed by atoms with Crippen LogP contribution in [0.15, 0.2) is 23.3 Å². The first-order valence-electron chi connectivity index (χ1n) is 8.77. The first-order valence-corrected chi connectivity index (χ1v) is 8.77. The third kappa shape index (κ3) is 1.67. The van der Waals surface area contributed by atoms with Crippen LogP contribution in [0.5, 0.6) is 5.75 Å². The average molecular weight is 310 g/mol. The minimum Gasteiger partial charge on any atom is -0.508 e. The zero-order valence-electron chi connectivity index (χ0n) is 13.4. The minimum atomic E-state index is 0.0185. The van der Waals surface area contributed by atoms with Crippen molar-refractivity contribution in [2.75, 3.05) is 0 Å². The monoisotopic (exact) mass is 310 g/mol. The lowest BCUT2D eigenvalue weighted by Crippen LogP contribution is -2.42. The zero-order chi connectivity index (χ0) is 15.8. The number of aromatic hydroxyl groups is 1. The van der Waals surface area contributed by atoms with Gasteiger partial charge in [0, 0.05) is 5.41 Å². The van der Waals surface area contributed by atoms with Crippen molar-refractivity contribution in [3.63, 3.8) is 0 Å². The molecule has 2 saturated carbocycles. The summed E-state index contributed by atoms with van der Waals surface area (Å²) in [5.74, 6) is 2.30. The van der Waals surface area contributed by atoms with Gasteiger partial charge in [0.1, 0.15) is 5.75 Å². The molecule has 1 aliphatic heterocycles. The van der Waals surface area contributed by atoms with E-state index in [1.165, 1.54) is 17.5 Å². The number of phenolic OH excluding ortho intramolecular Hbond substituents is 1. The summed E-state index contributed by atoms with van der Waals surface area (Å²) in [6.07, 6.45) is 5.46. The molecule has 2 fully saturated rings. The minimum absolute atomic E-state index is 0.0185. The summed E-state index contributed by atoms with van der Waals surface area (Å²) in [5, 5.41) is 14.2. The molecule has 0 saturated heterocycles. The molecule has 2 N–H and O–H groups in total. The van der Waals surface area contributed by atoms with Crippen molar-refractivity contribution in [3.8, 4) is 5.75 Å². The van der Waals surface area contributed by atoms with E-state index in [1.54, 1.807) is 0 Å². The fourth-order valence-electron chi connectivity index (χ4n) is 6.04. The van der Waals surface area contributed by atoms with Gasteiger partial charge in [0.05, 0.1) is 11.6 Å². The second kappa shape index (κ2) is 4.37. The van der Waals surface area contributed by atoms with Gasteiger partial charge in [-0.2, -0.15) is 5.10 Å². The van der Waals surface area contributed by atoms with E-state index in [0.717, 1.165) is 31.4 Å². The molecule has 4 heteroatoms. The summed E-state index contributed by atoms with van der Waals surface area (Å²) in [7, 11) is 0. The molecule has 5 atom stereocenters. The zero-order valence-corrected chi connectivity index (χ0v) is 13.4. The van der Waals surface area contributed by atoms with Gasteiger partial charge in [-0.3, -0.25) is 4.79 Å². The molecule has 4 unspecified atom stereocenters. The Labute approximate surface area is 136 Å². The number of carbonyl (C=O) groups excluding carboxylic acids is 1. The third-order valence-electron chi connectivity index (χ3n) is 7.11. The summed E-state index contributed by atoms with van der Waals surface area (Å²) >= 11 is 0. The van der Waals surface area contributed by atoms with E-state index in [9.17, 15) is 9.90 Å². The molecule has 23 heavy (non-hydrogen) atoms. The molecule has 1 heterocycles. The normalized spacial score (nSPS) is 40.6. The first-order chi connectivity index (χ1) is 11.1. The van der Waals surface area contributed by atoms with Gasteiger partial charge < -0.3 is 5.11 Å². The molecular formula is C19H22N2O2. The summed E-state index contributed by atoms with van der Waals surface area (Å²) in [5.41, 5.74) is 6.68. The van der Waals surface area contributed by atoms with Crippen LogP contribution in [0.1, 0.15) is 49.7 Å². The van der Waals surface area contributed by atoms with Gasteiger partial charge in [0.25, 0.3) is 0 Å². The van der Waals surface area contributed by atoms with Crippen LogP contribution in [0.3, 0.4) is 0 Å². The molecule has 1 aromatic carbocycles. The van der Waals surface area contributed by atoms with E-state index < -0.39 is 0 Å². The number of rotatable bonds is 0. The Kier molecular flexibility index (Phi) is 2.58. The van der Waals surface area contributed by atoms with Crippen molar-refractivity contribution in [2.24, 2.45) is 28.3 Å². The topological polar surface area (TPSA) is 61.7 Å². The van der Waals surface area contributed by atoms with E-state index in [1.807, 2.05) is 12.1 Å². The number of amides is 1. The van der Waals surface area contributed by atoms with Gasteiger partial charge >= 0.3 is 0 Å². The average Bonchev–Trinajstić information content (AvgIpc) is 3.05. The van der Waals surface area contributed by atoms with Crippen molar-refractivity contribution < 1.29 is 9.90 Å². The summed E-state index contributed by atoms with van der Waals surface area (Å²) in [4.78, 5) is 12.1. The fraction of sp³-hybridized carbons (Fsp3) is 0.579. The highest BCUT2D eigenvalue weighted by atomic mass is 16.3. The number of hydrogen-bond acceptors (Lipinski definition) is 3. The molecule has 4 nitrogen and oxygen atoms in total. The maximum absolute atomic E-state index is 12.1. The Balaban J connectivity index is 1.54. The second-order valence-electron chi connectivity index (χ2n) is 8.02. The van der Waals surface area contributed by atoms with Crippen molar-refractivity contribution in [3.05, 3.63) is 29.3 Å². The molecule has 0 radical (unpaired) electrons. The van der Waals surface area contributed by atoms with E-state index in [0.29, 0.717) is 23.5 Å². The highest BCUT2D eigenvalue weighted by Crippen LogP contribution is 2.61. The van der Waals surface area contributed by atoms with Crippen LogP contribution in [0.2, 0.25) is 0 Å². The van der Waals surface area contributed by atoms with E-state index in [2.05, 4.69) is 23.5 Å². The molecule has 5 rings (SSSR count). The summed E-state index contributed by atoms with van der Waals surface area (Å²) in [6.45, 7) is 2.33. The van der Waals surface area contributed by atoms with Crippen LogP contribution >= 0.6 is 0 Å². The Morgan fingerprint density at radius 1 is 1.35 bits per heavy atom. The van der Waals surface area contributed by atoms with Gasteiger partial charge in [0.15, 0.2) is 0 Å². The molecule has 3 aliphatic carbocycles. The summed E-state index contributed by atoms with van der Waals surface area (Å²) < 4.78 is 0. The van der Waals surface area contributed by atoms with E-state index >= 15 is 0 Å². The standard InChI is InChI=1S/C19H22N2O2/c1-19-7-6-13-12-5-3-11(22)8-10(12)2-4-14(13)16(19)9-15-17(19)20-21-18(15)23/h3,5,8,13-16,22H,2,4,6-7,9H2,1H3,(H,21,23)/t13?,14?,15?,16?,19-/m0/s1. The van der Waals surface area contributed by atoms with Gasteiger partial charge in [0.2, 0.25) is 5.91 Å². The highest BCUT2D eigenvalue weighted by molar-refractivity contribution is 6.12. The largest absolute Gasteiger partial charge is 0.508 e. The number of aryl methyl sites for hydroxylation is 1. The van der Waals surface area contributed by atoms with Gasteiger partial charge in [-0.1, -0.05) is 13.0 Å². The first kappa shape index (κ1) is 13.6. The smallest absolute Gasteiger partial charge is 0.248 e. The quantitative estimate of drug-likeness (QED) is 0.774. The van der Waals surface area contributed by atoms with Crippen LogP contribution in [-0.4, -0.2) is 16.7 Å². The van der Waals surface area contributed by atoms with Crippen molar-refractivity contribution in [2.45, 2.75) is 44.9 Å². The van der Waals surface area contributed by atoms with Crippen molar-refractivity contribution in [1.29, 1.82) is 0 Å². The molecular weight excluding hydrogens is 288 g/mol. The lowest BCUT2D eigenvalue weighted by atomic mass is 9.55. The number of hydrazone groups is 1. The van der Waals surface area contributed by atoms with Gasteiger partial charge in [-0.25, -0.2) is 5.43 Å². The third-order valence-corrected chi connectivity index (χ3v) is 7.11. The van der Waals surface area contributed by atoms with Crippen LogP contribution < -0.4 is 5.43 Å². The Bertz CT molecular complexity index is 741. The maximum atomic E-state index is 12.1. The number of nitrogens with zero attached hydrogens (tertiary/aromatic N) is 1. The number of phenols is 1. The van der Waals surface area contributed by atoms with Crippen molar-refractivity contribution >= 4 is 11.6 Å². The second-order valence-corrected chi connectivity index (χ2v) is 8.02.